The van der Waals surface area contributed by atoms with Gasteiger partial charge in [-0.3, -0.25) is 0 Å². The fraction of sp³-hybridized carbons (Fsp3) is 0.500. The van der Waals surface area contributed by atoms with Crippen LogP contribution < -0.4 is 0 Å². The summed E-state index contributed by atoms with van der Waals surface area (Å²) in [6, 6.07) is 0. The van der Waals surface area contributed by atoms with Crippen LogP contribution in [0.15, 0.2) is 24.3 Å². The fourth-order valence-electron chi connectivity index (χ4n) is 0.862. The van der Waals surface area contributed by atoms with Crippen molar-refractivity contribution in [3.8, 4) is 0 Å². The molecule has 1 nitrogen and oxygen atoms in total. The molecule has 0 aliphatic heterocycles. The van der Waals surface area contributed by atoms with Crippen molar-refractivity contribution in [2.24, 2.45) is 5.41 Å². The van der Waals surface area contributed by atoms with Gasteiger partial charge in [0.15, 0.2) is 0 Å². The zero-order valence-electron chi connectivity index (χ0n) is 7.65. The third-order valence-electron chi connectivity index (χ3n) is 2.32. The predicted molar refractivity (Wildman–Crippen MR) is 51.1 cm³/mol. The van der Waals surface area contributed by atoms with Gasteiger partial charge in [0.2, 0.25) is 0 Å². The van der Waals surface area contributed by atoms with Gasteiger partial charge >= 0.3 is 0 Å². The summed E-state index contributed by atoms with van der Waals surface area (Å²) < 4.78 is 0. The maximum Gasteiger partial charge on any atom is 0.0227 e. The van der Waals surface area contributed by atoms with Crippen LogP contribution in [0.25, 0.3) is 0 Å². The standard InChI is InChI=1S/C10H17N/c1-5-7-9(3)10(4,6-2)8-11/h5,7-8,11H,1,6H2,2-4H3/b9-7+,11-8?. The highest BCUT2D eigenvalue weighted by molar-refractivity contribution is 5.66. The topological polar surface area (TPSA) is 23.9 Å². The van der Waals surface area contributed by atoms with E-state index in [1.807, 2.05) is 13.0 Å². The molecule has 0 heterocycles. The van der Waals surface area contributed by atoms with Gasteiger partial charge in [0.25, 0.3) is 0 Å². The van der Waals surface area contributed by atoms with E-state index in [0.29, 0.717) is 0 Å². The van der Waals surface area contributed by atoms with E-state index in [4.69, 9.17) is 5.41 Å². The second-order valence-electron chi connectivity index (χ2n) is 3.00. The van der Waals surface area contributed by atoms with Crippen molar-refractivity contribution in [1.29, 1.82) is 5.41 Å². The van der Waals surface area contributed by atoms with E-state index in [-0.39, 0.29) is 5.41 Å². The Morgan fingerprint density at radius 3 is 2.45 bits per heavy atom. The number of hydrogen-bond donors (Lipinski definition) is 1. The molecule has 0 saturated carbocycles. The summed E-state index contributed by atoms with van der Waals surface area (Å²) in [4.78, 5) is 0. The van der Waals surface area contributed by atoms with E-state index in [2.05, 4.69) is 20.4 Å². The normalized spacial score (nSPS) is 17.2. The molecule has 0 aliphatic rings. The Morgan fingerprint density at radius 2 is 2.18 bits per heavy atom. The minimum absolute atomic E-state index is 0.0752. The van der Waals surface area contributed by atoms with Crippen molar-refractivity contribution in [2.75, 3.05) is 0 Å². The zero-order chi connectivity index (χ0) is 8.91. The summed E-state index contributed by atoms with van der Waals surface area (Å²) in [5, 5.41) is 7.27. The maximum absolute atomic E-state index is 7.27. The van der Waals surface area contributed by atoms with Crippen LogP contribution in [0.1, 0.15) is 27.2 Å². The monoisotopic (exact) mass is 151 g/mol. The highest BCUT2D eigenvalue weighted by Gasteiger charge is 2.19. The Labute approximate surface area is 69.3 Å². The molecule has 0 aromatic carbocycles. The van der Waals surface area contributed by atoms with Gasteiger partial charge in [0.05, 0.1) is 0 Å². The average molecular weight is 151 g/mol. The summed E-state index contributed by atoms with van der Waals surface area (Å²) in [7, 11) is 0. The highest BCUT2D eigenvalue weighted by Crippen LogP contribution is 2.27. The van der Waals surface area contributed by atoms with Crippen LogP contribution in [0.2, 0.25) is 0 Å². The first-order valence-electron chi connectivity index (χ1n) is 3.92. The highest BCUT2D eigenvalue weighted by atomic mass is 14.4. The quantitative estimate of drug-likeness (QED) is 0.471. The molecule has 1 atom stereocenters. The van der Waals surface area contributed by atoms with Crippen LogP contribution in [0.5, 0.6) is 0 Å². The van der Waals surface area contributed by atoms with E-state index >= 15 is 0 Å². The van der Waals surface area contributed by atoms with Crippen molar-refractivity contribution in [3.05, 3.63) is 24.3 Å². The van der Waals surface area contributed by atoms with E-state index in [1.165, 1.54) is 11.8 Å². The lowest BCUT2D eigenvalue weighted by Gasteiger charge is -2.23. The number of nitrogens with one attached hydrogen (secondary N) is 1. The molecule has 1 heteroatoms. The molecular formula is C10H17N. The minimum Gasteiger partial charge on any atom is -0.312 e. The first kappa shape index (κ1) is 10.2. The molecule has 0 rings (SSSR count). The van der Waals surface area contributed by atoms with Crippen molar-refractivity contribution in [1.82, 2.24) is 0 Å². The van der Waals surface area contributed by atoms with E-state index in [1.54, 1.807) is 6.08 Å². The van der Waals surface area contributed by atoms with Crippen LogP contribution in [0, 0.1) is 10.8 Å². The zero-order valence-corrected chi connectivity index (χ0v) is 7.65. The summed E-state index contributed by atoms with van der Waals surface area (Å²) >= 11 is 0. The summed E-state index contributed by atoms with van der Waals surface area (Å²) in [6.07, 6.45) is 6.20. The number of allylic oxidation sites excluding steroid dienone is 3. The smallest absolute Gasteiger partial charge is 0.0227 e. The Balaban J connectivity index is 4.62. The van der Waals surface area contributed by atoms with Crippen LogP contribution in [0.4, 0.5) is 0 Å². The molecule has 1 N–H and O–H groups in total. The van der Waals surface area contributed by atoms with Gasteiger partial charge in [0, 0.05) is 11.6 Å². The predicted octanol–water partition coefficient (Wildman–Crippen LogP) is 3.18. The van der Waals surface area contributed by atoms with Gasteiger partial charge < -0.3 is 5.41 Å². The average Bonchev–Trinajstić information content (AvgIpc) is 2.03. The molecule has 0 fully saturated rings. The Morgan fingerprint density at radius 1 is 1.64 bits per heavy atom. The molecule has 62 valence electrons. The lowest BCUT2D eigenvalue weighted by atomic mass is 9.81. The van der Waals surface area contributed by atoms with Crippen LogP contribution >= 0.6 is 0 Å². The molecule has 0 spiro atoms. The molecule has 0 saturated heterocycles. The van der Waals surface area contributed by atoms with Crippen molar-refractivity contribution in [2.45, 2.75) is 27.2 Å². The Kier molecular flexibility index (Phi) is 3.80. The molecular weight excluding hydrogens is 134 g/mol. The van der Waals surface area contributed by atoms with Gasteiger partial charge in [-0.05, 0) is 13.3 Å². The summed E-state index contributed by atoms with van der Waals surface area (Å²) in [6.45, 7) is 9.82. The second kappa shape index (κ2) is 4.12. The molecule has 0 radical (unpaired) electrons. The summed E-state index contributed by atoms with van der Waals surface area (Å²) in [5.74, 6) is 0. The van der Waals surface area contributed by atoms with Crippen LogP contribution in [-0.2, 0) is 0 Å². The third kappa shape index (κ3) is 2.34. The van der Waals surface area contributed by atoms with Crippen molar-refractivity contribution >= 4 is 6.21 Å². The molecule has 0 bridgehead atoms. The van der Waals surface area contributed by atoms with Crippen LogP contribution in [-0.4, -0.2) is 6.21 Å². The third-order valence-corrected chi connectivity index (χ3v) is 2.32. The lowest BCUT2D eigenvalue weighted by molar-refractivity contribution is 0.545. The minimum atomic E-state index is -0.0752. The molecule has 0 aromatic heterocycles. The first-order valence-corrected chi connectivity index (χ1v) is 3.92. The Bertz CT molecular complexity index is 179. The number of rotatable bonds is 4. The van der Waals surface area contributed by atoms with E-state index in [9.17, 15) is 0 Å². The number of hydrogen-bond acceptors (Lipinski definition) is 1. The SMILES string of the molecule is C=C/C=C(\C)C(C)(C=N)CC. The largest absolute Gasteiger partial charge is 0.312 e. The van der Waals surface area contributed by atoms with Gasteiger partial charge in [-0.15, -0.1) is 0 Å². The van der Waals surface area contributed by atoms with Gasteiger partial charge in [0.1, 0.15) is 0 Å². The lowest BCUT2D eigenvalue weighted by Crippen LogP contribution is -2.17. The molecule has 0 amide bonds. The van der Waals surface area contributed by atoms with Crippen molar-refractivity contribution < 1.29 is 0 Å². The first-order chi connectivity index (χ1) is 5.10. The Hall–Kier alpha value is -0.850. The van der Waals surface area contributed by atoms with Gasteiger partial charge in [-0.25, -0.2) is 0 Å². The fourth-order valence-corrected chi connectivity index (χ4v) is 0.862. The maximum atomic E-state index is 7.27. The summed E-state index contributed by atoms with van der Waals surface area (Å²) in [5.41, 5.74) is 1.12. The molecule has 0 aliphatic carbocycles. The molecule has 11 heavy (non-hydrogen) atoms. The van der Waals surface area contributed by atoms with Gasteiger partial charge in [-0.2, -0.15) is 0 Å². The van der Waals surface area contributed by atoms with Gasteiger partial charge in [-0.1, -0.05) is 38.2 Å². The molecule has 1 unspecified atom stereocenters. The van der Waals surface area contributed by atoms with E-state index in [0.717, 1.165) is 6.42 Å². The van der Waals surface area contributed by atoms with E-state index < -0.39 is 0 Å². The second-order valence-corrected chi connectivity index (χ2v) is 3.00. The van der Waals surface area contributed by atoms with Crippen LogP contribution in [0.3, 0.4) is 0 Å². The van der Waals surface area contributed by atoms with Crippen molar-refractivity contribution in [3.63, 3.8) is 0 Å². The molecule has 0 aromatic rings.